The Morgan fingerprint density at radius 3 is 2.67 bits per heavy atom. The quantitative estimate of drug-likeness (QED) is 0.764. The Bertz CT molecular complexity index is 273. The zero-order valence-corrected chi connectivity index (χ0v) is 8.82. The zero-order valence-electron chi connectivity index (χ0n) is 8.82. The maximum Gasteiger partial charge on any atom is 0.303 e. The van der Waals surface area contributed by atoms with Crippen molar-refractivity contribution in [1.82, 2.24) is 4.90 Å². The molecule has 1 saturated heterocycles. The van der Waals surface area contributed by atoms with Gasteiger partial charge in [0.05, 0.1) is 0 Å². The average molecular weight is 211 g/mol. The van der Waals surface area contributed by atoms with Gasteiger partial charge < -0.3 is 10.0 Å². The number of amides is 1. The smallest absolute Gasteiger partial charge is 0.303 e. The van der Waals surface area contributed by atoms with E-state index in [1.807, 2.05) is 4.90 Å². The summed E-state index contributed by atoms with van der Waals surface area (Å²) in [5.74, 6) is -0.530. The number of nitrogens with zero attached hydrogens (tertiary/aromatic N) is 1. The molecule has 0 spiro atoms. The number of carbonyl (C=O) groups excluding carboxylic acids is 1. The van der Waals surface area contributed by atoms with Crippen LogP contribution in [0.2, 0.25) is 0 Å². The van der Waals surface area contributed by atoms with Crippen molar-refractivity contribution in [3.8, 4) is 0 Å². The van der Waals surface area contributed by atoms with Crippen molar-refractivity contribution in [2.45, 2.75) is 57.0 Å². The molecule has 0 radical (unpaired) electrons. The van der Waals surface area contributed by atoms with Crippen molar-refractivity contribution in [3.63, 3.8) is 0 Å². The average Bonchev–Trinajstić information content (AvgIpc) is 2.43. The van der Waals surface area contributed by atoms with Crippen LogP contribution in [0.1, 0.15) is 44.9 Å². The number of hydrogen-bond donors (Lipinski definition) is 1. The number of hydrogen-bond acceptors (Lipinski definition) is 2. The summed E-state index contributed by atoms with van der Waals surface area (Å²) in [7, 11) is 0. The van der Waals surface area contributed by atoms with E-state index in [0.717, 1.165) is 19.3 Å². The maximum atomic E-state index is 11.6. The predicted octanol–water partition coefficient (Wildman–Crippen LogP) is 1.39. The largest absolute Gasteiger partial charge is 0.481 e. The van der Waals surface area contributed by atoms with E-state index < -0.39 is 5.97 Å². The van der Waals surface area contributed by atoms with Crippen LogP contribution in [-0.4, -0.2) is 34.0 Å². The van der Waals surface area contributed by atoms with Crippen LogP contribution in [0.25, 0.3) is 0 Å². The molecule has 1 aliphatic heterocycles. The lowest BCUT2D eigenvalue weighted by atomic mass is 9.90. The molecule has 1 amide bonds. The summed E-state index contributed by atoms with van der Waals surface area (Å²) in [6.45, 7) is 0. The number of carboxylic acid groups (broad SMARTS) is 1. The minimum absolute atomic E-state index is 0.182. The molecule has 1 N–H and O–H groups in total. The van der Waals surface area contributed by atoms with E-state index in [4.69, 9.17) is 5.11 Å². The highest BCUT2D eigenvalue weighted by Gasteiger charge is 2.38. The van der Waals surface area contributed by atoms with E-state index in [1.165, 1.54) is 6.42 Å². The van der Waals surface area contributed by atoms with Gasteiger partial charge in [0, 0.05) is 24.9 Å². The van der Waals surface area contributed by atoms with Crippen LogP contribution in [0.4, 0.5) is 0 Å². The van der Waals surface area contributed by atoms with E-state index in [9.17, 15) is 9.59 Å². The van der Waals surface area contributed by atoms with Crippen LogP contribution >= 0.6 is 0 Å². The van der Waals surface area contributed by atoms with Crippen molar-refractivity contribution in [1.29, 1.82) is 0 Å². The monoisotopic (exact) mass is 211 g/mol. The van der Waals surface area contributed by atoms with Gasteiger partial charge in [-0.2, -0.15) is 0 Å². The molecule has 0 bridgehead atoms. The number of carbonyl (C=O) groups is 2. The number of aliphatic carboxylic acids is 1. The Hall–Kier alpha value is -1.06. The highest BCUT2D eigenvalue weighted by atomic mass is 16.4. The van der Waals surface area contributed by atoms with E-state index in [1.54, 1.807) is 0 Å². The Balaban J connectivity index is 1.91. The van der Waals surface area contributed by atoms with Crippen LogP contribution in [-0.2, 0) is 9.59 Å². The maximum absolute atomic E-state index is 11.6. The fraction of sp³-hybridized carbons (Fsp3) is 0.818. The van der Waals surface area contributed by atoms with E-state index in [-0.39, 0.29) is 18.4 Å². The minimum Gasteiger partial charge on any atom is -0.481 e. The third-order valence-electron chi connectivity index (χ3n) is 3.53. The van der Waals surface area contributed by atoms with Crippen LogP contribution in [0.5, 0.6) is 0 Å². The fourth-order valence-corrected chi connectivity index (χ4v) is 2.50. The summed E-state index contributed by atoms with van der Waals surface area (Å²) in [5.41, 5.74) is 0. The van der Waals surface area contributed by atoms with Gasteiger partial charge in [-0.15, -0.1) is 0 Å². The van der Waals surface area contributed by atoms with Crippen molar-refractivity contribution >= 4 is 11.9 Å². The topological polar surface area (TPSA) is 57.6 Å². The molecule has 0 aromatic rings. The molecule has 15 heavy (non-hydrogen) atoms. The molecule has 84 valence electrons. The summed E-state index contributed by atoms with van der Waals surface area (Å²) in [5, 5.41) is 8.63. The molecule has 4 heteroatoms. The molecular formula is C11H17NO3. The van der Waals surface area contributed by atoms with Gasteiger partial charge in [0.25, 0.3) is 0 Å². The lowest BCUT2D eigenvalue weighted by Gasteiger charge is -2.38. The van der Waals surface area contributed by atoms with Crippen molar-refractivity contribution < 1.29 is 14.7 Å². The van der Waals surface area contributed by atoms with Crippen LogP contribution in [0.15, 0.2) is 0 Å². The van der Waals surface area contributed by atoms with Gasteiger partial charge >= 0.3 is 5.97 Å². The van der Waals surface area contributed by atoms with Gasteiger partial charge in [0.1, 0.15) is 0 Å². The lowest BCUT2D eigenvalue weighted by Crippen LogP contribution is -2.45. The van der Waals surface area contributed by atoms with Gasteiger partial charge in [0.15, 0.2) is 0 Å². The van der Waals surface area contributed by atoms with Gasteiger partial charge in [-0.05, 0) is 32.1 Å². The first-order valence-corrected chi connectivity index (χ1v) is 5.71. The van der Waals surface area contributed by atoms with E-state index in [2.05, 4.69) is 0 Å². The van der Waals surface area contributed by atoms with Gasteiger partial charge in [-0.3, -0.25) is 9.59 Å². The SMILES string of the molecule is O=C(O)CCC1CCC(=O)N1C1CCC1. The molecule has 1 aliphatic carbocycles. The Morgan fingerprint density at radius 1 is 1.40 bits per heavy atom. The Morgan fingerprint density at radius 2 is 2.13 bits per heavy atom. The van der Waals surface area contributed by atoms with E-state index in [0.29, 0.717) is 18.9 Å². The fourth-order valence-electron chi connectivity index (χ4n) is 2.50. The molecular weight excluding hydrogens is 194 g/mol. The van der Waals surface area contributed by atoms with Gasteiger partial charge in [0.2, 0.25) is 5.91 Å². The first-order valence-electron chi connectivity index (χ1n) is 5.71. The summed E-state index contributed by atoms with van der Waals surface area (Å²) in [6.07, 6.45) is 5.69. The number of carboxylic acids is 1. The number of likely N-dealkylation sites (tertiary alicyclic amines) is 1. The lowest BCUT2D eigenvalue weighted by molar-refractivity contribution is -0.139. The van der Waals surface area contributed by atoms with E-state index >= 15 is 0 Å². The molecule has 1 atom stereocenters. The van der Waals surface area contributed by atoms with Crippen molar-refractivity contribution in [3.05, 3.63) is 0 Å². The van der Waals surface area contributed by atoms with Crippen molar-refractivity contribution in [2.75, 3.05) is 0 Å². The highest BCUT2D eigenvalue weighted by Crippen LogP contribution is 2.33. The Labute approximate surface area is 89.3 Å². The predicted molar refractivity (Wildman–Crippen MR) is 54.4 cm³/mol. The minimum atomic E-state index is -0.761. The summed E-state index contributed by atoms with van der Waals surface area (Å²) < 4.78 is 0. The standard InChI is InChI=1S/C11H17NO3/c13-10-6-4-9(5-7-11(14)15)12(10)8-2-1-3-8/h8-9H,1-7H2,(H,14,15). The molecule has 1 saturated carbocycles. The second-order valence-corrected chi connectivity index (χ2v) is 4.51. The molecule has 1 unspecified atom stereocenters. The molecule has 4 nitrogen and oxygen atoms in total. The van der Waals surface area contributed by atoms with Crippen LogP contribution in [0, 0.1) is 0 Å². The summed E-state index contributed by atoms with van der Waals surface area (Å²) in [4.78, 5) is 24.1. The summed E-state index contributed by atoms with van der Waals surface area (Å²) >= 11 is 0. The van der Waals surface area contributed by atoms with Gasteiger partial charge in [-0.25, -0.2) is 0 Å². The summed E-state index contributed by atoms with van der Waals surface area (Å²) in [6, 6.07) is 0.609. The zero-order chi connectivity index (χ0) is 10.8. The molecule has 2 aliphatic rings. The third-order valence-corrected chi connectivity index (χ3v) is 3.53. The number of rotatable bonds is 4. The highest BCUT2D eigenvalue weighted by molar-refractivity contribution is 5.79. The second kappa shape index (κ2) is 4.21. The first-order chi connectivity index (χ1) is 7.18. The second-order valence-electron chi connectivity index (χ2n) is 4.51. The molecule has 0 aromatic carbocycles. The third kappa shape index (κ3) is 2.13. The Kier molecular flexibility index (Phi) is 2.93. The van der Waals surface area contributed by atoms with Gasteiger partial charge in [-0.1, -0.05) is 0 Å². The molecule has 2 fully saturated rings. The first kappa shape index (κ1) is 10.5. The normalized spacial score (nSPS) is 26.8. The molecule has 1 heterocycles. The van der Waals surface area contributed by atoms with Crippen LogP contribution in [0.3, 0.4) is 0 Å². The molecule has 0 aromatic heterocycles. The van der Waals surface area contributed by atoms with Crippen LogP contribution < -0.4 is 0 Å². The molecule has 2 rings (SSSR count). The van der Waals surface area contributed by atoms with Crippen molar-refractivity contribution in [2.24, 2.45) is 0 Å².